The number of nitrogens with one attached hydrogen (secondary N) is 2. The second-order valence-corrected chi connectivity index (χ2v) is 11.0. The smallest absolute Gasteiger partial charge is 0.410 e. The van der Waals surface area contributed by atoms with E-state index >= 15 is 0 Å². The van der Waals surface area contributed by atoms with Crippen molar-refractivity contribution in [2.24, 2.45) is 11.8 Å². The van der Waals surface area contributed by atoms with Crippen LogP contribution >= 0.6 is 11.6 Å². The Bertz CT molecular complexity index is 866. The molecule has 1 aromatic rings. The molecular weight excluding hydrogens is 494 g/mol. The van der Waals surface area contributed by atoms with Crippen molar-refractivity contribution in [3.05, 3.63) is 34.9 Å². The normalized spacial score (nSPS) is 21.1. The number of hydrogen-bond donors (Lipinski definition) is 3. The molecular formula is C28H44ClN3O5. The number of benzene rings is 1. The van der Waals surface area contributed by atoms with Gasteiger partial charge in [0.05, 0.1) is 12.7 Å². The summed E-state index contributed by atoms with van der Waals surface area (Å²) in [7, 11) is 3.21. The fraction of sp³-hybridized carbons (Fsp3) is 0.714. The number of likely N-dealkylation sites (tertiary alicyclic amines) is 1. The van der Waals surface area contributed by atoms with E-state index in [0.717, 1.165) is 24.8 Å². The minimum absolute atomic E-state index is 0.155. The number of methoxy groups -OCH3 is 1. The van der Waals surface area contributed by atoms with Gasteiger partial charge in [0.15, 0.2) is 0 Å². The highest BCUT2D eigenvalue weighted by Crippen LogP contribution is 2.40. The number of ether oxygens (including phenoxy) is 2. The third-order valence-corrected chi connectivity index (χ3v) is 8.12. The lowest BCUT2D eigenvalue weighted by Crippen LogP contribution is -2.49. The Morgan fingerprint density at radius 2 is 2.00 bits per heavy atom. The summed E-state index contributed by atoms with van der Waals surface area (Å²) in [5, 5.41) is 18.4. The molecule has 1 saturated heterocycles. The maximum atomic E-state index is 13.3. The summed E-state index contributed by atoms with van der Waals surface area (Å²) in [5.41, 5.74) is -0.475. The summed E-state index contributed by atoms with van der Waals surface area (Å²) < 4.78 is 10.7. The molecule has 1 aliphatic heterocycles. The minimum atomic E-state index is -1.20. The van der Waals surface area contributed by atoms with Crippen LogP contribution in [0.2, 0.25) is 5.02 Å². The van der Waals surface area contributed by atoms with Crippen molar-refractivity contribution in [2.45, 2.75) is 75.9 Å². The van der Waals surface area contributed by atoms with Crippen LogP contribution in [-0.2, 0) is 15.1 Å². The zero-order valence-electron chi connectivity index (χ0n) is 22.3. The van der Waals surface area contributed by atoms with Crippen molar-refractivity contribution in [1.82, 2.24) is 15.5 Å². The first-order valence-corrected chi connectivity index (χ1v) is 14.1. The molecule has 0 aromatic heterocycles. The van der Waals surface area contributed by atoms with Gasteiger partial charge in [-0.1, -0.05) is 55.8 Å². The highest BCUT2D eigenvalue weighted by molar-refractivity contribution is 6.30. The van der Waals surface area contributed by atoms with Crippen LogP contribution in [0.1, 0.15) is 69.8 Å². The summed E-state index contributed by atoms with van der Waals surface area (Å²) >= 11 is 6.28. The van der Waals surface area contributed by atoms with Crippen molar-refractivity contribution in [2.75, 3.05) is 40.3 Å². The van der Waals surface area contributed by atoms with Gasteiger partial charge in [-0.2, -0.15) is 0 Å². The molecule has 2 unspecified atom stereocenters. The average molecular weight is 538 g/mol. The number of halogens is 1. The number of likely N-dealkylation sites (N-methyl/N-ethyl adjacent to an activating group) is 1. The summed E-state index contributed by atoms with van der Waals surface area (Å²) in [4.78, 5) is 26.5. The van der Waals surface area contributed by atoms with Gasteiger partial charge in [0.25, 0.3) is 0 Å². The van der Waals surface area contributed by atoms with E-state index in [-0.39, 0.29) is 18.1 Å². The fourth-order valence-electron chi connectivity index (χ4n) is 5.91. The Hall–Kier alpha value is -2.03. The average Bonchev–Trinajstić information content (AvgIpc) is 2.91. The van der Waals surface area contributed by atoms with Crippen LogP contribution in [0.4, 0.5) is 9.59 Å². The van der Waals surface area contributed by atoms with E-state index in [2.05, 4.69) is 15.4 Å². The molecule has 0 radical (unpaired) electrons. The number of amides is 2. The molecule has 1 saturated carbocycles. The molecule has 0 spiro atoms. The van der Waals surface area contributed by atoms with Gasteiger partial charge in [0.2, 0.25) is 0 Å². The van der Waals surface area contributed by atoms with E-state index in [1.807, 2.05) is 19.2 Å². The molecule has 2 fully saturated rings. The second kappa shape index (κ2) is 14.8. The number of alkyl carbamates (subject to hydrolysis) is 1. The maximum Gasteiger partial charge on any atom is 0.410 e. The van der Waals surface area contributed by atoms with Crippen LogP contribution in [-0.4, -0.2) is 68.6 Å². The summed E-state index contributed by atoms with van der Waals surface area (Å²) in [5.74, 6) is 0.423. The topological polar surface area (TPSA) is 100 Å². The van der Waals surface area contributed by atoms with Crippen molar-refractivity contribution in [1.29, 1.82) is 0 Å². The second-order valence-electron chi connectivity index (χ2n) is 10.5. The number of aliphatic hydroxyl groups is 1. The van der Waals surface area contributed by atoms with Crippen LogP contribution in [0.25, 0.3) is 0 Å². The number of hydrogen-bond acceptors (Lipinski definition) is 6. The first-order chi connectivity index (χ1) is 17.9. The molecule has 2 amide bonds. The van der Waals surface area contributed by atoms with Crippen LogP contribution in [0.3, 0.4) is 0 Å². The molecule has 208 valence electrons. The van der Waals surface area contributed by atoms with Crippen molar-refractivity contribution in [3.8, 4) is 0 Å². The van der Waals surface area contributed by atoms with Crippen LogP contribution in [0, 0.1) is 11.8 Å². The SMILES string of the molecule is CNCC(CC1CCCCC1)OC(=O)N1CCCC([C@@](O)(CCCNC(=O)OC)c2cccc(Cl)c2)C1. The number of piperidine rings is 1. The summed E-state index contributed by atoms with van der Waals surface area (Å²) in [6, 6.07) is 7.28. The van der Waals surface area contributed by atoms with Gasteiger partial charge in [-0.15, -0.1) is 0 Å². The van der Waals surface area contributed by atoms with E-state index < -0.39 is 11.7 Å². The van der Waals surface area contributed by atoms with Gasteiger partial charge in [0.1, 0.15) is 6.10 Å². The molecule has 37 heavy (non-hydrogen) atoms. The molecule has 9 heteroatoms. The van der Waals surface area contributed by atoms with Crippen molar-refractivity contribution < 1.29 is 24.2 Å². The Balaban J connectivity index is 1.68. The monoisotopic (exact) mass is 537 g/mol. The highest BCUT2D eigenvalue weighted by Gasteiger charge is 2.42. The first kappa shape index (κ1) is 29.5. The van der Waals surface area contributed by atoms with Crippen molar-refractivity contribution in [3.63, 3.8) is 0 Å². The fourth-order valence-corrected chi connectivity index (χ4v) is 6.10. The molecule has 1 heterocycles. The van der Waals surface area contributed by atoms with Crippen LogP contribution in [0.5, 0.6) is 0 Å². The van der Waals surface area contributed by atoms with Gasteiger partial charge in [-0.05, 0) is 62.8 Å². The molecule has 8 nitrogen and oxygen atoms in total. The number of nitrogens with zero attached hydrogens (tertiary/aromatic N) is 1. The van der Waals surface area contributed by atoms with Gasteiger partial charge in [-0.25, -0.2) is 9.59 Å². The number of carbonyl (C=O) groups excluding carboxylic acids is 2. The largest absolute Gasteiger partial charge is 0.453 e. The van der Waals surface area contributed by atoms with Gasteiger partial charge < -0.3 is 30.1 Å². The third-order valence-electron chi connectivity index (χ3n) is 7.89. The third kappa shape index (κ3) is 8.76. The van der Waals surface area contributed by atoms with Crippen LogP contribution in [0.15, 0.2) is 24.3 Å². The molecule has 3 rings (SSSR count). The Labute approximate surface area is 226 Å². The molecule has 0 bridgehead atoms. The Morgan fingerprint density at radius 3 is 2.70 bits per heavy atom. The molecule has 1 aliphatic carbocycles. The van der Waals surface area contributed by atoms with Crippen molar-refractivity contribution >= 4 is 23.8 Å². The standard InChI is InChI=1S/C28H44ClN3O5/c1-30-19-25(17-21-9-4-3-5-10-21)37-27(34)32-16-7-12-23(20-32)28(35,14-8-15-31-26(33)36-2)22-11-6-13-24(29)18-22/h6,11,13,18,21,23,25,30,35H,3-5,7-10,12,14-17,19-20H2,1-2H3,(H,31,33)/t23?,25?,28-/m1/s1. The lowest BCUT2D eigenvalue weighted by Gasteiger charge is -2.43. The maximum absolute atomic E-state index is 13.3. The summed E-state index contributed by atoms with van der Waals surface area (Å²) in [6.07, 6.45) is 8.69. The Morgan fingerprint density at radius 1 is 1.22 bits per heavy atom. The molecule has 1 aromatic carbocycles. The van der Waals surface area contributed by atoms with E-state index in [1.165, 1.54) is 39.2 Å². The minimum Gasteiger partial charge on any atom is -0.453 e. The van der Waals surface area contributed by atoms with Gasteiger partial charge >= 0.3 is 12.2 Å². The van der Waals surface area contributed by atoms with Gasteiger partial charge in [-0.3, -0.25) is 0 Å². The highest BCUT2D eigenvalue weighted by atomic mass is 35.5. The molecule has 3 atom stereocenters. The van der Waals surface area contributed by atoms with E-state index in [4.69, 9.17) is 16.3 Å². The Kier molecular flexibility index (Phi) is 11.8. The summed E-state index contributed by atoms with van der Waals surface area (Å²) in [6.45, 7) is 2.03. The van der Waals surface area contributed by atoms with E-state index in [9.17, 15) is 14.7 Å². The number of carbonyl (C=O) groups is 2. The van der Waals surface area contributed by atoms with E-state index in [0.29, 0.717) is 50.0 Å². The van der Waals surface area contributed by atoms with Gasteiger partial charge in [0, 0.05) is 37.1 Å². The molecule has 2 aliphatic rings. The number of rotatable bonds is 11. The van der Waals surface area contributed by atoms with Crippen LogP contribution < -0.4 is 10.6 Å². The molecule has 3 N–H and O–H groups in total. The lowest BCUT2D eigenvalue weighted by atomic mass is 9.74. The van der Waals surface area contributed by atoms with E-state index in [1.54, 1.807) is 17.0 Å². The quantitative estimate of drug-likeness (QED) is 0.341. The first-order valence-electron chi connectivity index (χ1n) is 13.8. The predicted molar refractivity (Wildman–Crippen MR) is 145 cm³/mol. The predicted octanol–water partition coefficient (Wildman–Crippen LogP) is 5.07. The zero-order chi connectivity index (χ0) is 26.7. The lowest BCUT2D eigenvalue weighted by molar-refractivity contribution is -0.0611. The zero-order valence-corrected chi connectivity index (χ0v) is 23.1.